The molecule has 0 fully saturated rings. The SMILES string of the molecule is CCCCCCCCCCCCCCCCCCCC(=O)O[C@H](COC(=O)CCCCCCCCCCCCCCCCCCC(C)C)COC(=O)CCCCCCCCCCCCC(C)CC. The molecule has 0 spiro atoms. The lowest BCUT2D eigenvalue weighted by Crippen LogP contribution is -2.30. The first-order chi connectivity index (χ1) is 33.3. The van der Waals surface area contributed by atoms with Crippen LogP contribution in [0.1, 0.15) is 349 Å². The second kappa shape index (κ2) is 54.7. The molecule has 68 heavy (non-hydrogen) atoms. The summed E-state index contributed by atoms with van der Waals surface area (Å²) in [7, 11) is 0. The molecule has 0 aromatic carbocycles. The van der Waals surface area contributed by atoms with Gasteiger partial charge in [0, 0.05) is 19.3 Å². The fraction of sp³-hybridized carbons (Fsp3) is 0.952. The minimum Gasteiger partial charge on any atom is -0.462 e. The van der Waals surface area contributed by atoms with Crippen molar-refractivity contribution in [1.82, 2.24) is 0 Å². The molecule has 6 nitrogen and oxygen atoms in total. The maximum Gasteiger partial charge on any atom is 0.306 e. The van der Waals surface area contributed by atoms with Gasteiger partial charge in [-0.2, -0.15) is 0 Å². The number of ether oxygens (including phenoxy) is 3. The fourth-order valence-electron chi connectivity index (χ4n) is 9.55. The van der Waals surface area contributed by atoms with Crippen molar-refractivity contribution >= 4 is 17.9 Å². The molecule has 0 saturated carbocycles. The third kappa shape index (κ3) is 53.8. The van der Waals surface area contributed by atoms with Gasteiger partial charge in [0.15, 0.2) is 6.10 Å². The molecule has 0 heterocycles. The molecule has 0 aliphatic carbocycles. The Morgan fingerprint density at radius 3 is 0.838 bits per heavy atom. The summed E-state index contributed by atoms with van der Waals surface area (Å²) in [6, 6.07) is 0. The molecule has 1 unspecified atom stereocenters. The molecule has 2 atom stereocenters. The minimum absolute atomic E-state index is 0.0623. The Bertz CT molecular complexity index is 1040. The van der Waals surface area contributed by atoms with Crippen LogP contribution in [0.15, 0.2) is 0 Å². The van der Waals surface area contributed by atoms with E-state index in [0.717, 1.165) is 69.6 Å². The molecule has 404 valence electrons. The van der Waals surface area contributed by atoms with Gasteiger partial charge < -0.3 is 14.2 Å². The summed E-state index contributed by atoms with van der Waals surface area (Å²) in [5.74, 6) is 0.888. The van der Waals surface area contributed by atoms with Crippen molar-refractivity contribution in [2.75, 3.05) is 13.2 Å². The van der Waals surface area contributed by atoms with E-state index in [1.54, 1.807) is 0 Å². The van der Waals surface area contributed by atoms with E-state index < -0.39 is 6.10 Å². The summed E-state index contributed by atoms with van der Waals surface area (Å²) < 4.78 is 16.9. The first-order valence-corrected chi connectivity index (χ1v) is 30.8. The van der Waals surface area contributed by atoms with Crippen LogP contribution < -0.4 is 0 Å². The number of hydrogen-bond acceptors (Lipinski definition) is 6. The number of rotatable bonds is 56. The molecule has 0 aromatic heterocycles. The number of carbonyl (C=O) groups excluding carboxylic acids is 3. The number of carbonyl (C=O) groups is 3. The van der Waals surface area contributed by atoms with Crippen molar-refractivity contribution in [2.45, 2.75) is 355 Å². The Morgan fingerprint density at radius 2 is 0.559 bits per heavy atom. The Balaban J connectivity index is 4.28. The van der Waals surface area contributed by atoms with Crippen LogP contribution >= 0.6 is 0 Å². The second-order valence-corrected chi connectivity index (χ2v) is 22.1. The Kier molecular flexibility index (Phi) is 53.5. The van der Waals surface area contributed by atoms with Gasteiger partial charge in [0.1, 0.15) is 13.2 Å². The van der Waals surface area contributed by atoms with Crippen molar-refractivity contribution in [3.8, 4) is 0 Å². The van der Waals surface area contributed by atoms with Crippen LogP contribution in [-0.2, 0) is 28.6 Å². The van der Waals surface area contributed by atoms with Crippen LogP contribution in [0.3, 0.4) is 0 Å². The minimum atomic E-state index is -0.763. The molecule has 0 rings (SSSR count). The lowest BCUT2D eigenvalue weighted by atomic mass is 9.99. The van der Waals surface area contributed by atoms with Gasteiger partial charge in [0.2, 0.25) is 0 Å². The highest BCUT2D eigenvalue weighted by Crippen LogP contribution is 2.19. The average molecular weight is 962 g/mol. The first-order valence-electron chi connectivity index (χ1n) is 30.8. The molecule has 0 aliphatic heterocycles. The Labute approximate surface area is 425 Å². The standard InChI is InChI=1S/C62H120O6/c1-6-8-9-10-11-12-13-14-15-16-21-24-27-34-39-44-49-54-62(65)68-59(56-67-61(64)53-48-43-38-33-29-28-31-36-41-46-51-58(5)7-2)55-66-60(63)52-47-42-37-32-26-23-20-18-17-19-22-25-30-35-40-45-50-57(3)4/h57-59H,6-56H2,1-5H3/t58?,59-/m1/s1. The third-order valence-corrected chi connectivity index (χ3v) is 14.6. The van der Waals surface area contributed by atoms with Crippen molar-refractivity contribution < 1.29 is 28.6 Å². The molecule has 0 amide bonds. The van der Waals surface area contributed by atoms with E-state index in [-0.39, 0.29) is 31.1 Å². The zero-order valence-corrected chi connectivity index (χ0v) is 46.7. The van der Waals surface area contributed by atoms with Crippen LogP contribution in [0.4, 0.5) is 0 Å². The molecule has 0 saturated heterocycles. The zero-order chi connectivity index (χ0) is 49.6. The Hall–Kier alpha value is -1.59. The predicted molar refractivity (Wildman–Crippen MR) is 293 cm³/mol. The maximum absolute atomic E-state index is 12.9. The van der Waals surface area contributed by atoms with Gasteiger partial charge in [-0.25, -0.2) is 0 Å². The van der Waals surface area contributed by atoms with Crippen LogP contribution in [0.2, 0.25) is 0 Å². The highest BCUT2D eigenvalue weighted by Gasteiger charge is 2.19. The topological polar surface area (TPSA) is 78.9 Å². The number of esters is 3. The monoisotopic (exact) mass is 961 g/mol. The second-order valence-electron chi connectivity index (χ2n) is 22.1. The molecule has 0 radical (unpaired) electrons. The predicted octanol–water partition coefficient (Wildman–Crippen LogP) is 20.4. The smallest absolute Gasteiger partial charge is 0.306 e. The van der Waals surface area contributed by atoms with E-state index in [1.165, 1.54) is 238 Å². The summed E-state index contributed by atoms with van der Waals surface area (Å²) in [6.45, 7) is 11.5. The van der Waals surface area contributed by atoms with Crippen molar-refractivity contribution in [3.63, 3.8) is 0 Å². The molecular formula is C62H120O6. The van der Waals surface area contributed by atoms with Gasteiger partial charge in [0.25, 0.3) is 0 Å². The largest absolute Gasteiger partial charge is 0.462 e. The molecule has 0 bridgehead atoms. The van der Waals surface area contributed by atoms with Crippen molar-refractivity contribution in [2.24, 2.45) is 11.8 Å². The van der Waals surface area contributed by atoms with E-state index in [2.05, 4.69) is 34.6 Å². The molecule has 0 N–H and O–H groups in total. The molecule has 6 heteroatoms. The number of unbranched alkanes of at least 4 members (excludes halogenated alkanes) is 40. The van der Waals surface area contributed by atoms with Gasteiger partial charge in [0.05, 0.1) is 0 Å². The first kappa shape index (κ1) is 66.4. The summed E-state index contributed by atoms with van der Waals surface area (Å²) in [5.41, 5.74) is 0. The van der Waals surface area contributed by atoms with E-state index in [4.69, 9.17) is 14.2 Å². The normalized spacial score (nSPS) is 12.4. The molecule has 0 aromatic rings. The fourth-order valence-corrected chi connectivity index (χ4v) is 9.55. The summed E-state index contributed by atoms with van der Waals surface area (Å²) in [4.78, 5) is 38.2. The van der Waals surface area contributed by atoms with Crippen molar-refractivity contribution in [3.05, 3.63) is 0 Å². The van der Waals surface area contributed by atoms with E-state index in [9.17, 15) is 14.4 Å². The van der Waals surface area contributed by atoms with E-state index in [1.807, 2.05) is 0 Å². The van der Waals surface area contributed by atoms with E-state index in [0.29, 0.717) is 19.3 Å². The highest BCUT2D eigenvalue weighted by molar-refractivity contribution is 5.71. The van der Waals surface area contributed by atoms with Gasteiger partial charge in [-0.1, -0.05) is 311 Å². The zero-order valence-electron chi connectivity index (χ0n) is 46.7. The Morgan fingerprint density at radius 1 is 0.309 bits per heavy atom. The summed E-state index contributed by atoms with van der Waals surface area (Å²) >= 11 is 0. The van der Waals surface area contributed by atoms with Gasteiger partial charge >= 0.3 is 17.9 Å². The third-order valence-electron chi connectivity index (χ3n) is 14.6. The van der Waals surface area contributed by atoms with Crippen LogP contribution in [0.25, 0.3) is 0 Å². The van der Waals surface area contributed by atoms with E-state index >= 15 is 0 Å². The summed E-state index contributed by atoms with van der Waals surface area (Å²) in [6.07, 6.45) is 59.5. The lowest BCUT2D eigenvalue weighted by molar-refractivity contribution is -0.167. The summed E-state index contributed by atoms with van der Waals surface area (Å²) in [5, 5.41) is 0. The molecule has 0 aliphatic rings. The highest BCUT2D eigenvalue weighted by atomic mass is 16.6. The van der Waals surface area contributed by atoms with Crippen molar-refractivity contribution in [1.29, 1.82) is 0 Å². The average Bonchev–Trinajstić information content (AvgIpc) is 3.32. The van der Waals surface area contributed by atoms with Crippen LogP contribution in [0, 0.1) is 11.8 Å². The van der Waals surface area contributed by atoms with Gasteiger partial charge in [-0.3, -0.25) is 14.4 Å². The van der Waals surface area contributed by atoms with Crippen LogP contribution in [0.5, 0.6) is 0 Å². The maximum atomic E-state index is 12.9. The van der Waals surface area contributed by atoms with Gasteiger partial charge in [-0.05, 0) is 31.1 Å². The van der Waals surface area contributed by atoms with Crippen LogP contribution in [-0.4, -0.2) is 37.2 Å². The lowest BCUT2D eigenvalue weighted by Gasteiger charge is -2.18. The van der Waals surface area contributed by atoms with Gasteiger partial charge in [-0.15, -0.1) is 0 Å². The quantitative estimate of drug-likeness (QED) is 0.0343. The number of hydrogen-bond donors (Lipinski definition) is 0. The molecular weight excluding hydrogens is 841 g/mol.